The molecule has 1 aromatic carbocycles. The Morgan fingerprint density at radius 3 is 2.86 bits per heavy atom. The third-order valence-electron chi connectivity index (χ3n) is 3.84. The number of nitrogens with two attached hydrogens (primary N) is 1. The lowest BCUT2D eigenvalue weighted by Crippen LogP contribution is -2.32. The summed E-state index contributed by atoms with van der Waals surface area (Å²) in [6.45, 7) is 2.67. The van der Waals surface area contributed by atoms with Crippen molar-refractivity contribution < 1.29 is 9.72 Å². The normalized spacial score (nSPS) is 18.7. The molecular formula is C14H20N4O3. The van der Waals surface area contributed by atoms with E-state index in [0.29, 0.717) is 18.0 Å². The van der Waals surface area contributed by atoms with Gasteiger partial charge in [-0.1, -0.05) is 0 Å². The summed E-state index contributed by atoms with van der Waals surface area (Å²) in [5.74, 6) is 0.236. The summed E-state index contributed by atoms with van der Waals surface area (Å²) in [6.07, 6.45) is 1.07. The summed E-state index contributed by atoms with van der Waals surface area (Å²) in [7, 11) is 3.79. The first kappa shape index (κ1) is 15.2. The second kappa shape index (κ2) is 6.09. The fraction of sp³-hybridized carbons (Fsp3) is 0.500. The summed E-state index contributed by atoms with van der Waals surface area (Å²) < 4.78 is 0. The largest absolute Gasteiger partial charge is 0.393 e. The van der Waals surface area contributed by atoms with Crippen LogP contribution in [0.3, 0.4) is 0 Å². The quantitative estimate of drug-likeness (QED) is 0.511. The topological polar surface area (TPSA) is 92.7 Å². The molecule has 0 radical (unpaired) electrons. The zero-order valence-corrected chi connectivity index (χ0v) is 12.3. The van der Waals surface area contributed by atoms with Crippen LogP contribution in [0.1, 0.15) is 16.8 Å². The number of amides is 1. The molecule has 1 amide bonds. The van der Waals surface area contributed by atoms with Crippen LogP contribution in [0.5, 0.6) is 0 Å². The van der Waals surface area contributed by atoms with Crippen molar-refractivity contribution in [3.8, 4) is 0 Å². The average molecular weight is 292 g/mol. The summed E-state index contributed by atoms with van der Waals surface area (Å²) >= 11 is 0. The molecule has 0 bridgehead atoms. The number of nitrogen functional groups attached to an aromatic ring is 1. The highest BCUT2D eigenvalue weighted by Crippen LogP contribution is 2.23. The van der Waals surface area contributed by atoms with Gasteiger partial charge in [0.15, 0.2) is 0 Å². The van der Waals surface area contributed by atoms with E-state index < -0.39 is 4.92 Å². The molecule has 21 heavy (non-hydrogen) atoms. The molecule has 7 nitrogen and oxygen atoms in total. The highest BCUT2D eigenvalue weighted by molar-refractivity contribution is 5.95. The number of nitrogens with zero attached hydrogens (tertiary/aromatic N) is 3. The van der Waals surface area contributed by atoms with Gasteiger partial charge in [0.25, 0.3) is 11.6 Å². The molecule has 0 aliphatic carbocycles. The van der Waals surface area contributed by atoms with Crippen molar-refractivity contribution >= 4 is 17.3 Å². The number of benzene rings is 1. The molecule has 1 heterocycles. The van der Waals surface area contributed by atoms with Crippen LogP contribution in [-0.2, 0) is 0 Å². The lowest BCUT2D eigenvalue weighted by molar-refractivity contribution is -0.383. The predicted molar refractivity (Wildman–Crippen MR) is 80.1 cm³/mol. The van der Waals surface area contributed by atoms with Gasteiger partial charge >= 0.3 is 0 Å². The first-order valence-electron chi connectivity index (χ1n) is 6.86. The highest BCUT2D eigenvalue weighted by atomic mass is 16.6. The molecule has 7 heteroatoms. The van der Waals surface area contributed by atoms with Gasteiger partial charge in [0.2, 0.25) is 0 Å². The summed E-state index contributed by atoms with van der Waals surface area (Å²) in [5.41, 5.74) is 5.68. The maximum Gasteiger partial charge on any atom is 0.292 e. The van der Waals surface area contributed by atoms with E-state index in [4.69, 9.17) is 5.73 Å². The van der Waals surface area contributed by atoms with E-state index in [0.717, 1.165) is 19.5 Å². The van der Waals surface area contributed by atoms with Crippen LogP contribution in [0.4, 0.5) is 11.4 Å². The van der Waals surface area contributed by atoms with Crippen LogP contribution in [-0.4, -0.2) is 54.4 Å². The monoisotopic (exact) mass is 292 g/mol. The number of hydrogen-bond acceptors (Lipinski definition) is 5. The molecule has 114 valence electrons. The van der Waals surface area contributed by atoms with Gasteiger partial charge in [-0.05, 0) is 38.1 Å². The number of hydrogen-bond donors (Lipinski definition) is 1. The van der Waals surface area contributed by atoms with E-state index >= 15 is 0 Å². The molecule has 1 saturated heterocycles. The van der Waals surface area contributed by atoms with Gasteiger partial charge in [0.05, 0.1) is 4.92 Å². The van der Waals surface area contributed by atoms with E-state index in [1.165, 1.54) is 18.2 Å². The second-order valence-electron chi connectivity index (χ2n) is 5.63. The van der Waals surface area contributed by atoms with Gasteiger partial charge < -0.3 is 15.5 Å². The number of carbonyl (C=O) groups excluding carboxylic acids is 1. The van der Waals surface area contributed by atoms with Crippen LogP contribution >= 0.6 is 0 Å². The van der Waals surface area contributed by atoms with E-state index in [1.54, 1.807) is 11.9 Å². The zero-order valence-electron chi connectivity index (χ0n) is 12.3. The number of nitro groups is 1. The van der Waals surface area contributed by atoms with Crippen LogP contribution in [0.2, 0.25) is 0 Å². The average Bonchev–Trinajstić information content (AvgIpc) is 2.83. The summed E-state index contributed by atoms with van der Waals surface area (Å²) in [6, 6.07) is 4.18. The molecule has 0 spiro atoms. The van der Waals surface area contributed by atoms with E-state index in [9.17, 15) is 14.9 Å². The molecule has 0 aromatic heterocycles. The number of carbonyl (C=O) groups is 1. The number of likely N-dealkylation sites (tertiary alicyclic amines) is 1. The van der Waals surface area contributed by atoms with Crippen molar-refractivity contribution in [2.75, 3.05) is 39.5 Å². The predicted octanol–water partition coefficient (Wildman–Crippen LogP) is 1.20. The number of nitro benzene ring substituents is 1. The Morgan fingerprint density at radius 1 is 1.57 bits per heavy atom. The molecule has 1 aliphatic heterocycles. The second-order valence-corrected chi connectivity index (χ2v) is 5.63. The van der Waals surface area contributed by atoms with Crippen LogP contribution in [0.25, 0.3) is 0 Å². The highest BCUT2D eigenvalue weighted by Gasteiger charge is 2.24. The lowest BCUT2D eigenvalue weighted by atomic mass is 10.1. The van der Waals surface area contributed by atoms with Gasteiger partial charge in [-0.25, -0.2) is 0 Å². The molecule has 0 saturated carbocycles. The zero-order chi connectivity index (χ0) is 15.6. The minimum Gasteiger partial charge on any atom is -0.393 e. The van der Waals surface area contributed by atoms with Crippen molar-refractivity contribution in [1.82, 2.24) is 9.80 Å². The summed E-state index contributed by atoms with van der Waals surface area (Å²) in [5, 5.41) is 10.9. The molecule has 1 fully saturated rings. The van der Waals surface area contributed by atoms with Crippen LogP contribution in [0.15, 0.2) is 18.2 Å². The van der Waals surface area contributed by atoms with Crippen molar-refractivity contribution in [2.45, 2.75) is 6.42 Å². The minimum absolute atomic E-state index is 0.0663. The standard InChI is InChI=1S/C14H20N4O3/c1-16-6-5-10(8-16)9-17(2)14(19)11-3-4-12(15)13(7-11)18(20)21/h3-4,7,10H,5-6,8-9,15H2,1-2H3. The molecule has 2 N–H and O–H groups in total. The Kier molecular flexibility index (Phi) is 4.42. The van der Waals surface area contributed by atoms with Crippen molar-refractivity contribution in [3.05, 3.63) is 33.9 Å². The smallest absolute Gasteiger partial charge is 0.292 e. The van der Waals surface area contributed by atoms with Crippen molar-refractivity contribution in [2.24, 2.45) is 5.92 Å². The lowest BCUT2D eigenvalue weighted by Gasteiger charge is -2.21. The molecule has 1 unspecified atom stereocenters. The molecule has 1 atom stereocenters. The fourth-order valence-corrected chi connectivity index (χ4v) is 2.70. The van der Waals surface area contributed by atoms with Gasteiger partial charge in [-0.2, -0.15) is 0 Å². The molecule has 1 aliphatic rings. The Morgan fingerprint density at radius 2 is 2.29 bits per heavy atom. The first-order chi connectivity index (χ1) is 9.88. The maximum absolute atomic E-state index is 12.3. The SMILES string of the molecule is CN1CCC(CN(C)C(=O)c2ccc(N)c([N+](=O)[O-])c2)C1. The third kappa shape index (κ3) is 3.49. The van der Waals surface area contributed by atoms with Crippen LogP contribution in [0, 0.1) is 16.0 Å². The Labute approximate surface area is 123 Å². The third-order valence-corrected chi connectivity index (χ3v) is 3.84. The molecule has 1 aromatic rings. The van der Waals surface area contributed by atoms with Gasteiger partial charge in [0, 0.05) is 31.8 Å². The number of rotatable bonds is 4. The van der Waals surface area contributed by atoms with Gasteiger partial charge in [-0.15, -0.1) is 0 Å². The van der Waals surface area contributed by atoms with E-state index in [-0.39, 0.29) is 17.3 Å². The van der Waals surface area contributed by atoms with Crippen molar-refractivity contribution in [1.29, 1.82) is 0 Å². The Bertz CT molecular complexity index is 561. The molecule has 2 rings (SSSR count). The van der Waals surface area contributed by atoms with Crippen molar-refractivity contribution in [3.63, 3.8) is 0 Å². The van der Waals surface area contributed by atoms with Crippen LogP contribution < -0.4 is 5.73 Å². The molecular weight excluding hydrogens is 272 g/mol. The number of anilines is 1. The van der Waals surface area contributed by atoms with Gasteiger partial charge in [0.1, 0.15) is 5.69 Å². The van der Waals surface area contributed by atoms with Gasteiger partial charge in [-0.3, -0.25) is 14.9 Å². The Balaban J connectivity index is 2.08. The Hall–Kier alpha value is -2.15. The maximum atomic E-state index is 12.3. The first-order valence-corrected chi connectivity index (χ1v) is 6.86. The fourth-order valence-electron chi connectivity index (χ4n) is 2.70. The van der Waals surface area contributed by atoms with E-state index in [2.05, 4.69) is 11.9 Å². The summed E-state index contributed by atoms with van der Waals surface area (Å²) in [4.78, 5) is 26.5. The van der Waals surface area contributed by atoms with E-state index in [1.807, 2.05) is 0 Å². The minimum atomic E-state index is -0.571.